The van der Waals surface area contributed by atoms with Gasteiger partial charge in [0, 0.05) is 16.8 Å². The summed E-state index contributed by atoms with van der Waals surface area (Å²) in [6.07, 6.45) is 0. The summed E-state index contributed by atoms with van der Waals surface area (Å²) in [6, 6.07) is 27.7. The highest BCUT2D eigenvalue weighted by Crippen LogP contribution is 2.43. The molecule has 0 amide bonds. The summed E-state index contributed by atoms with van der Waals surface area (Å²) < 4.78 is 0. The van der Waals surface area contributed by atoms with E-state index in [1.165, 1.54) is 38.6 Å². The number of benzene rings is 4. The molecule has 0 heterocycles. The second-order valence-corrected chi connectivity index (χ2v) is 7.84. The van der Waals surface area contributed by atoms with Gasteiger partial charge in [-0.15, -0.1) is 0 Å². The van der Waals surface area contributed by atoms with Gasteiger partial charge >= 0.3 is 0 Å². The Morgan fingerprint density at radius 1 is 0.607 bits per heavy atom. The van der Waals surface area contributed by atoms with Gasteiger partial charge in [0.05, 0.1) is 0 Å². The third-order valence-electron chi connectivity index (χ3n) is 5.91. The quantitative estimate of drug-likeness (QED) is 0.346. The number of anilines is 2. The van der Waals surface area contributed by atoms with Gasteiger partial charge in [0.2, 0.25) is 0 Å². The van der Waals surface area contributed by atoms with Crippen LogP contribution in [0.2, 0.25) is 0 Å². The van der Waals surface area contributed by atoms with E-state index in [0.29, 0.717) is 0 Å². The first-order valence-corrected chi connectivity index (χ1v) is 9.62. The Kier molecular flexibility index (Phi) is 4.35. The fraction of sp³-hybridized carbons (Fsp3) is 0.154. The number of fused-ring (bicyclic) bond motifs is 1. The molecule has 140 valence electrons. The van der Waals surface area contributed by atoms with E-state index in [1.54, 1.807) is 0 Å². The van der Waals surface area contributed by atoms with E-state index in [-0.39, 0.29) is 5.41 Å². The SMILES string of the molecule is Cc1cc(N)ccc1C(C)(c1ccc2ccccc2c1)c1ccc(N)cc1C. The molecule has 0 bridgehead atoms. The molecule has 4 aromatic rings. The number of hydrogen-bond donors (Lipinski definition) is 2. The van der Waals surface area contributed by atoms with Gasteiger partial charge < -0.3 is 11.5 Å². The third-order valence-corrected chi connectivity index (χ3v) is 5.91. The van der Waals surface area contributed by atoms with Crippen LogP contribution in [-0.4, -0.2) is 0 Å². The van der Waals surface area contributed by atoms with Crippen LogP contribution in [0.3, 0.4) is 0 Å². The van der Waals surface area contributed by atoms with Crippen molar-refractivity contribution in [3.8, 4) is 0 Å². The van der Waals surface area contributed by atoms with Crippen molar-refractivity contribution in [1.29, 1.82) is 0 Å². The molecule has 0 aliphatic heterocycles. The number of hydrogen-bond acceptors (Lipinski definition) is 2. The highest BCUT2D eigenvalue weighted by atomic mass is 14.6. The Morgan fingerprint density at radius 3 is 1.68 bits per heavy atom. The Morgan fingerprint density at radius 2 is 1.14 bits per heavy atom. The molecule has 0 aromatic heterocycles. The van der Waals surface area contributed by atoms with Crippen LogP contribution in [-0.2, 0) is 5.41 Å². The molecule has 0 saturated carbocycles. The normalized spacial score (nSPS) is 11.7. The molecule has 0 saturated heterocycles. The smallest absolute Gasteiger partial charge is 0.0428 e. The van der Waals surface area contributed by atoms with E-state index in [2.05, 4.69) is 87.5 Å². The Balaban J connectivity index is 2.05. The van der Waals surface area contributed by atoms with Crippen molar-refractivity contribution in [3.05, 3.63) is 107 Å². The first kappa shape index (κ1) is 18.1. The molecule has 2 heteroatoms. The minimum atomic E-state index is -0.320. The molecule has 4 aromatic carbocycles. The molecule has 4 rings (SSSR count). The molecule has 28 heavy (non-hydrogen) atoms. The van der Waals surface area contributed by atoms with E-state index in [0.717, 1.165) is 11.4 Å². The first-order valence-electron chi connectivity index (χ1n) is 9.62. The van der Waals surface area contributed by atoms with Gasteiger partial charge in [-0.2, -0.15) is 0 Å². The van der Waals surface area contributed by atoms with Gasteiger partial charge in [-0.1, -0.05) is 48.5 Å². The van der Waals surface area contributed by atoms with Crippen LogP contribution in [0, 0.1) is 13.8 Å². The van der Waals surface area contributed by atoms with E-state index in [1.807, 2.05) is 12.1 Å². The summed E-state index contributed by atoms with van der Waals surface area (Å²) in [5, 5.41) is 2.49. The molecule has 0 aliphatic carbocycles. The van der Waals surface area contributed by atoms with Crippen LogP contribution >= 0.6 is 0 Å². The zero-order chi connectivity index (χ0) is 19.9. The van der Waals surface area contributed by atoms with Crippen molar-refractivity contribution in [2.75, 3.05) is 11.5 Å². The fourth-order valence-corrected chi connectivity index (χ4v) is 4.45. The first-order chi connectivity index (χ1) is 13.4. The summed E-state index contributed by atoms with van der Waals surface area (Å²) in [5.74, 6) is 0. The number of nitrogens with two attached hydrogens (primary N) is 2. The fourth-order valence-electron chi connectivity index (χ4n) is 4.45. The van der Waals surface area contributed by atoms with Crippen molar-refractivity contribution in [2.24, 2.45) is 0 Å². The monoisotopic (exact) mass is 366 g/mol. The number of aryl methyl sites for hydroxylation is 2. The molecule has 4 N–H and O–H groups in total. The number of nitrogen functional groups attached to an aromatic ring is 2. The van der Waals surface area contributed by atoms with Gasteiger partial charge in [0.25, 0.3) is 0 Å². The second kappa shape index (κ2) is 6.72. The highest BCUT2D eigenvalue weighted by Gasteiger charge is 2.34. The summed E-state index contributed by atoms with van der Waals surface area (Å²) in [5.41, 5.74) is 19.5. The average molecular weight is 367 g/mol. The zero-order valence-electron chi connectivity index (χ0n) is 16.7. The van der Waals surface area contributed by atoms with Crippen molar-refractivity contribution < 1.29 is 0 Å². The zero-order valence-corrected chi connectivity index (χ0v) is 16.7. The predicted molar refractivity (Wildman–Crippen MR) is 121 cm³/mol. The second-order valence-electron chi connectivity index (χ2n) is 7.84. The Hall–Kier alpha value is -3.26. The third kappa shape index (κ3) is 2.91. The van der Waals surface area contributed by atoms with Gasteiger partial charge in [0.15, 0.2) is 0 Å². The lowest BCUT2D eigenvalue weighted by molar-refractivity contribution is 0.683. The summed E-state index contributed by atoms with van der Waals surface area (Å²) in [7, 11) is 0. The van der Waals surface area contributed by atoms with Gasteiger partial charge in [-0.25, -0.2) is 0 Å². The standard InChI is InChI=1S/C26H26N2/c1-17-14-22(27)10-12-24(17)26(3,25-13-11-23(28)15-18(25)2)21-9-8-19-6-4-5-7-20(19)16-21/h4-16H,27-28H2,1-3H3. The molecular formula is C26H26N2. The van der Waals surface area contributed by atoms with Gasteiger partial charge in [-0.05, 0) is 89.7 Å². The summed E-state index contributed by atoms with van der Waals surface area (Å²) in [4.78, 5) is 0. The van der Waals surface area contributed by atoms with Crippen molar-refractivity contribution in [3.63, 3.8) is 0 Å². The minimum Gasteiger partial charge on any atom is -0.399 e. The Labute approximate surface area is 166 Å². The number of rotatable bonds is 3. The largest absolute Gasteiger partial charge is 0.399 e. The maximum absolute atomic E-state index is 6.06. The molecule has 2 nitrogen and oxygen atoms in total. The molecule has 0 aliphatic rings. The van der Waals surface area contributed by atoms with E-state index in [9.17, 15) is 0 Å². The Bertz CT molecular complexity index is 1120. The summed E-state index contributed by atoms with van der Waals surface area (Å²) in [6.45, 7) is 6.57. The lowest BCUT2D eigenvalue weighted by Crippen LogP contribution is -2.27. The lowest BCUT2D eigenvalue weighted by atomic mass is 9.68. The van der Waals surface area contributed by atoms with E-state index in [4.69, 9.17) is 11.5 Å². The van der Waals surface area contributed by atoms with Crippen LogP contribution in [0.4, 0.5) is 11.4 Å². The van der Waals surface area contributed by atoms with Crippen LogP contribution in [0.1, 0.15) is 34.7 Å². The molecule has 0 atom stereocenters. The van der Waals surface area contributed by atoms with Crippen molar-refractivity contribution in [2.45, 2.75) is 26.2 Å². The highest BCUT2D eigenvalue weighted by molar-refractivity contribution is 5.84. The van der Waals surface area contributed by atoms with Crippen molar-refractivity contribution >= 4 is 22.1 Å². The van der Waals surface area contributed by atoms with Crippen LogP contribution in [0.25, 0.3) is 10.8 Å². The lowest BCUT2D eigenvalue weighted by Gasteiger charge is -2.35. The van der Waals surface area contributed by atoms with E-state index < -0.39 is 0 Å². The maximum atomic E-state index is 6.06. The van der Waals surface area contributed by atoms with E-state index >= 15 is 0 Å². The predicted octanol–water partition coefficient (Wildman–Crippen LogP) is 5.98. The van der Waals surface area contributed by atoms with Crippen LogP contribution < -0.4 is 11.5 Å². The molecule has 0 spiro atoms. The summed E-state index contributed by atoms with van der Waals surface area (Å²) >= 11 is 0. The topological polar surface area (TPSA) is 52.0 Å². The molecule has 0 unspecified atom stereocenters. The van der Waals surface area contributed by atoms with Gasteiger partial charge in [-0.3, -0.25) is 0 Å². The minimum absolute atomic E-state index is 0.320. The van der Waals surface area contributed by atoms with Gasteiger partial charge in [0.1, 0.15) is 0 Å². The molecule has 0 fully saturated rings. The van der Waals surface area contributed by atoms with Crippen molar-refractivity contribution in [1.82, 2.24) is 0 Å². The van der Waals surface area contributed by atoms with Crippen LogP contribution in [0.5, 0.6) is 0 Å². The average Bonchev–Trinajstić information content (AvgIpc) is 2.67. The molecule has 0 radical (unpaired) electrons. The van der Waals surface area contributed by atoms with Crippen LogP contribution in [0.15, 0.2) is 78.9 Å². The maximum Gasteiger partial charge on any atom is 0.0428 e. The molecular weight excluding hydrogens is 340 g/mol.